The second-order valence-corrected chi connectivity index (χ2v) is 7.61. The summed E-state index contributed by atoms with van der Waals surface area (Å²) in [4.78, 5) is 17.4. The number of thiophene rings is 2. The third-order valence-electron chi connectivity index (χ3n) is 3.99. The summed E-state index contributed by atoms with van der Waals surface area (Å²) in [5.74, 6) is -0.218. The van der Waals surface area contributed by atoms with Gasteiger partial charge in [-0.1, -0.05) is 18.2 Å². The molecule has 0 aliphatic rings. The molecule has 0 saturated carbocycles. The van der Waals surface area contributed by atoms with Crippen molar-refractivity contribution < 1.29 is 9.90 Å². The Hall–Kier alpha value is -2.41. The number of H-pyrrole nitrogens is 1. The first-order valence-corrected chi connectivity index (χ1v) is 9.63. The topological polar surface area (TPSA) is 65.1 Å². The van der Waals surface area contributed by atoms with Gasteiger partial charge in [-0.05, 0) is 41.1 Å². The number of aliphatic hydroxyl groups is 1. The molecule has 1 unspecified atom stereocenters. The Morgan fingerprint density at radius 2 is 2.08 bits per heavy atom. The van der Waals surface area contributed by atoms with E-state index in [2.05, 4.69) is 21.7 Å². The highest BCUT2D eigenvalue weighted by molar-refractivity contribution is 7.16. The van der Waals surface area contributed by atoms with Crippen molar-refractivity contribution in [2.45, 2.75) is 6.10 Å². The summed E-state index contributed by atoms with van der Waals surface area (Å²) in [5, 5.41) is 18.3. The van der Waals surface area contributed by atoms with Crippen LogP contribution in [0.2, 0.25) is 0 Å². The standard InChI is InChI=1S/C19H16N2O2S2/c22-16(18-6-5-17(25-18)13-7-8-24-11-13)10-20-19(23)15-9-12-3-1-2-4-14(12)21-15/h1-9,11,16,21-22H,10H2,(H,20,23). The Morgan fingerprint density at radius 3 is 2.88 bits per heavy atom. The van der Waals surface area contributed by atoms with E-state index in [0.717, 1.165) is 26.2 Å². The molecular weight excluding hydrogens is 352 g/mol. The van der Waals surface area contributed by atoms with Gasteiger partial charge in [-0.3, -0.25) is 4.79 Å². The number of amides is 1. The number of carbonyl (C=O) groups is 1. The van der Waals surface area contributed by atoms with Gasteiger partial charge in [0.25, 0.3) is 5.91 Å². The molecule has 0 bridgehead atoms. The molecule has 0 aliphatic carbocycles. The van der Waals surface area contributed by atoms with E-state index in [1.165, 1.54) is 0 Å². The molecule has 0 fully saturated rings. The molecular formula is C19H16N2O2S2. The smallest absolute Gasteiger partial charge is 0.267 e. The van der Waals surface area contributed by atoms with Gasteiger partial charge in [0.05, 0.1) is 0 Å². The summed E-state index contributed by atoms with van der Waals surface area (Å²) >= 11 is 3.20. The van der Waals surface area contributed by atoms with E-state index in [1.807, 2.05) is 47.8 Å². The van der Waals surface area contributed by atoms with Crippen LogP contribution in [0.3, 0.4) is 0 Å². The molecule has 25 heavy (non-hydrogen) atoms. The van der Waals surface area contributed by atoms with Crippen molar-refractivity contribution in [2.75, 3.05) is 6.54 Å². The zero-order chi connectivity index (χ0) is 17.2. The molecule has 3 heterocycles. The predicted octanol–water partition coefficient (Wildman–Crippen LogP) is 4.42. The summed E-state index contributed by atoms with van der Waals surface area (Å²) in [6.45, 7) is 0.178. The number of carbonyl (C=O) groups excluding carboxylic acids is 1. The maximum Gasteiger partial charge on any atom is 0.267 e. The van der Waals surface area contributed by atoms with Gasteiger partial charge in [0.15, 0.2) is 0 Å². The van der Waals surface area contributed by atoms with E-state index in [-0.39, 0.29) is 12.5 Å². The number of nitrogens with one attached hydrogen (secondary N) is 2. The van der Waals surface area contributed by atoms with Crippen LogP contribution in [-0.4, -0.2) is 22.5 Å². The van der Waals surface area contributed by atoms with Crippen molar-refractivity contribution in [2.24, 2.45) is 0 Å². The normalized spacial score (nSPS) is 12.4. The van der Waals surface area contributed by atoms with Crippen LogP contribution in [0.25, 0.3) is 21.3 Å². The fourth-order valence-corrected chi connectivity index (χ4v) is 4.39. The Labute approximate surface area is 152 Å². The van der Waals surface area contributed by atoms with Gasteiger partial charge >= 0.3 is 0 Å². The molecule has 0 aliphatic heterocycles. The minimum atomic E-state index is -0.717. The zero-order valence-electron chi connectivity index (χ0n) is 13.2. The summed E-state index contributed by atoms with van der Waals surface area (Å²) in [6, 6.07) is 15.5. The molecule has 0 radical (unpaired) electrons. The lowest BCUT2D eigenvalue weighted by atomic mass is 10.2. The second-order valence-electron chi connectivity index (χ2n) is 5.71. The van der Waals surface area contributed by atoms with Crippen LogP contribution < -0.4 is 5.32 Å². The van der Waals surface area contributed by atoms with Crippen molar-refractivity contribution in [3.63, 3.8) is 0 Å². The van der Waals surface area contributed by atoms with E-state index < -0.39 is 6.10 Å². The number of rotatable bonds is 5. The highest BCUT2D eigenvalue weighted by atomic mass is 32.1. The van der Waals surface area contributed by atoms with Gasteiger partial charge in [0.2, 0.25) is 0 Å². The molecule has 4 nitrogen and oxygen atoms in total. The van der Waals surface area contributed by atoms with E-state index >= 15 is 0 Å². The molecule has 6 heteroatoms. The van der Waals surface area contributed by atoms with E-state index in [0.29, 0.717) is 5.69 Å². The van der Waals surface area contributed by atoms with Crippen molar-refractivity contribution in [3.05, 3.63) is 69.9 Å². The van der Waals surface area contributed by atoms with Gasteiger partial charge in [-0.25, -0.2) is 0 Å². The quantitative estimate of drug-likeness (QED) is 0.488. The number of aromatic nitrogens is 1. The van der Waals surface area contributed by atoms with Crippen molar-refractivity contribution in [3.8, 4) is 10.4 Å². The average molecular weight is 368 g/mol. The number of aromatic amines is 1. The molecule has 3 aromatic heterocycles. The van der Waals surface area contributed by atoms with Gasteiger partial charge < -0.3 is 15.4 Å². The van der Waals surface area contributed by atoms with Gasteiger partial charge in [-0.15, -0.1) is 11.3 Å². The highest BCUT2D eigenvalue weighted by Crippen LogP contribution is 2.32. The average Bonchev–Trinajstić information content (AvgIpc) is 3.38. The maximum absolute atomic E-state index is 12.3. The van der Waals surface area contributed by atoms with Crippen LogP contribution in [0.15, 0.2) is 59.3 Å². The third-order valence-corrected chi connectivity index (χ3v) is 5.91. The Morgan fingerprint density at radius 1 is 1.20 bits per heavy atom. The zero-order valence-corrected chi connectivity index (χ0v) is 14.9. The molecule has 3 N–H and O–H groups in total. The lowest BCUT2D eigenvalue weighted by Crippen LogP contribution is -2.28. The van der Waals surface area contributed by atoms with Crippen LogP contribution >= 0.6 is 22.7 Å². The van der Waals surface area contributed by atoms with E-state index in [1.54, 1.807) is 22.7 Å². The number of hydrogen-bond acceptors (Lipinski definition) is 4. The summed E-state index contributed by atoms with van der Waals surface area (Å²) < 4.78 is 0. The van der Waals surface area contributed by atoms with Crippen molar-refractivity contribution in [1.29, 1.82) is 0 Å². The molecule has 0 spiro atoms. The number of fused-ring (bicyclic) bond motifs is 1. The predicted molar refractivity (Wildman–Crippen MR) is 103 cm³/mol. The van der Waals surface area contributed by atoms with Crippen LogP contribution in [0.5, 0.6) is 0 Å². The van der Waals surface area contributed by atoms with E-state index in [4.69, 9.17) is 0 Å². The lowest BCUT2D eigenvalue weighted by Gasteiger charge is -2.09. The maximum atomic E-state index is 12.3. The molecule has 0 saturated heterocycles. The van der Waals surface area contributed by atoms with Crippen molar-refractivity contribution >= 4 is 39.5 Å². The summed E-state index contributed by atoms with van der Waals surface area (Å²) in [6.07, 6.45) is -0.717. The fourth-order valence-electron chi connectivity index (χ4n) is 2.67. The number of para-hydroxylation sites is 1. The third kappa shape index (κ3) is 3.37. The second kappa shape index (κ2) is 6.84. The van der Waals surface area contributed by atoms with Crippen LogP contribution in [0.4, 0.5) is 0 Å². The van der Waals surface area contributed by atoms with Crippen LogP contribution in [0, 0.1) is 0 Å². The largest absolute Gasteiger partial charge is 0.386 e. The Bertz CT molecular complexity index is 968. The summed E-state index contributed by atoms with van der Waals surface area (Å²) in [7, 11) is 0. The SMILES string of the molecule is O=C(NCC(O)c1ccc(-c2ccsc2)s1)c1cc2ccccc2[nH]1. The molecule has 126 valence electrons. The number of hydrogen-bond donors (Lipinski definition) is 3. The lowest BCUT2D eigenvalue weighted by molar-refractivity contribution is 0.0914. The first-order chi connectivity index (χ1) is 12.2. The molecule has 1 amide bonds. The minimum absolute atomic E-state index is 0.178. The number of aliphatic hydroxyl groups excluding tert-OH is 1. The van der Waals surface area contributed by atoms with E-state index in [9.17, 15) is 9.90 Å². The first kappa shape index (κ1) is 16.1. The monoisotopic (exact) mass is 368 g/mol. The van der Waals surface area contributed by atoms with Gasteiger partial charge in [0, 0.05) is 32.8 Å². The first-order valence-electron chi connectivity index (χ1n) is 7.87. The van der Waals surface area contributed by atoms with Gasteiger partial charge in [-0.2, -0.15) is 11.3 Å². The Kier molecular flexibility index (Phi) is 4.40. The van der Waals surface area contributed by atoms with Crippen LogP contribution in [-0.2, 0) is 0 Å². The molecule has 4 rings (SSSR count). The number of benzene rings is 1. The molecule has 1 aromatic carbocycles. The molecule has 1 atom stereocenters. The Balaban J connectivity index is 1.41. The van der Waals surface area contributed by atoms with Crippen LogP contribution in [0.1, 0.15) is 21.5 Å². The van der Waals surface area contributed by atoms with Crippen molar-refractivity contribution in [1.82, 2.24) is 10.3 Å². The fraction of sp³-hybridized carbons (Fsp3) is 0.105. The molecule has 4 aromatic rings. The minimum Gasteiger partial charge on any atom is -0.386 e. The highest BCUT2D eigenvalue weighted by Gasteiger charge is 2.15. The summed E-state index contributed by atoms with van der Waals surface area (Å²) in [5.41, 5.74) is 2.58. The van der Waals surface area contributed by atoms with Gasteiger partial charge in [0.1, 0.15) is 11.8 Å².